The van der Waals surface area contributed by atoms with Crippen molar-refractivity contribution in [3.63, 3.8) is 0 Å². The van der Waals surface area contributed by atoms with Crippen LogP contribution in [0.3, 0.4) is 0 Å². The largest absolute Gasteiger partial charge is 0.480 e. The van der Waals surface area contributed by atoms with Crippen LogP contribution in [0.5, 0.6) is 0 Å². The molecule has 1 saturated heterocycles. The van der Waals surface area contributed by atoms with Gasteiger partial charge >= 0.3 is 11.9 Å². The number of nitrogens with one attached hydrogen (secondary N) is 1. The van der Waals surface area contributed by atoms with Crippen molar-refractivity contribution in [3.05, 3.63) is 0 Å². The van der Waals surface area contributed by atoms with Crippen molar-refractivity contribution in [3.8, 4) is 0 Å². The molecule has 6 heteroatoms. The summed E-state index contributed by atoms with van der Waals surface area (Å²) in [5.41, 5.74) is 0. The fourth-order valence-corrected chi connectivity index (χ4v) is 1.70. The molecular weight excluding hydrogens is 226 g/mol. The van der Waals surface area contributed by atoms with Gasteiger partial charge in [0.25, 0.3) is 0 Å². The Hall–Kier alpha value is -1.43. The molecule has 1 heterocycles. The van der Waals surface area contributed by atoms with Crippen molar-refractivity contribution >= 4 is 17.7 Å². The van der Waals surface area contributed by atoms with Gasteiger partial charge in [0, 0.05) is 6.42 Å². The smallest absolute Gasteiger partial charge is 0.321 e. The molecule has 1 rings (SSSR count). The number of piperidine rings is 1. The van der Waals surface area contributed by atoms with Gasteiger partial charge in [0.1, 0.15) is 11.8 Å². The quantitative estimate of drug-likeness (QED) is 0.520. The van der Waals surface area contributed by atoms with Gasteiger partial charge in [0.15, 0.2) is 0 Å². The number of carboxylic acid groups (broad SMARTS) is 1. The van der Waals surface area contributed by atoms with E-state index in [4.69, 9.17) is 9.84 Å². The average molecular weight is 243 g/mol. The lowest BCUT2D eigenvalue weighted by molar-refractivity contribution is -0.158. The predicted molar refractivity (Wildman–Crippen MR) is 58.4 cm³/mol. The van der Waals surface area contributed by atoms with Crippen molar-refractivity contribution in [2.45, 2.75) is 32.2 Å². The fraction of sp³-hybridized carbons (Fsp3) is 0.727. The summed E-state index contributed by atoms with van der Waals surface area (Å²) in [6, 6.07) is -1.03. The molecule has 17 heavy (non-hydrogen) atoms. The number of unbranched alkanes of at least 4 members (excludes halogenated alkanes) is 1. The van der Waals surface area contributed by atoms with Crippen molar-refractivity contribution < 1.29 is 24.2 Å². The number of aliphatic carboxylic acids is 1. The zero-order valence-corrected chi connectivity index (χ0v) is 9.77. The molecule has 0 spiro atoms. The fourth-order valence-electron chi connectivity index (χ4n) is 1.70. The topological polar surface area (TPSA) is 92.7 Å². The summed E-state index contributed by atoms with van der Waals surface area (Å²) in [4.78, 5) is 33.8. The lowest BCUT2D eigenvalue weighted by atomic mass is 9.90. The van der Waals surface area contributed by atoms with E-state index in [0.717, 1.165) is 12.8 Å². The lowest BCUT2D eigenvalue weighted by Gasteiger charge is -2.27. The molecule has 0 bridgehead atoms. The molecule has 0 unspecified atom stereocenters. The molecule has 2 N–H and O–H groups in total. The van der Waals surface area contributed by atoms with Crippen LogP contribution in [-0.4, -0.2) is 42.0 Å². The summed E-state index contributed by atoms with van der Waals surface area (Å²) in [6.45, 7) is 2.22. The molecule has 1 fully saturated rings. The van der Waals surface area contributed by atoms with Gasteiger partial charge in [-0.05, 0) is 6.42 Å². The molecule has 0 amide bonds. The summed E-state index contributed by atoms with van der Waals surface area (Å²) in [5.74, 6) is -2.81. The Morgan fingerprint density at radius 2 is 2.24 bits per heavy atom. The minimum atomic E-state index is -1.13. The van der Waals surface area contributed by atoms with E-state index in [1.807, 2.05) is 6.92 Å². The van der Waals surface area contributed by atoms with Crippen LogP contribution in [0.2, 0.25) is 0 Å². The van der Waals surface area contributed by atoms with Gasteiger partial charge < -0.3 is 9.84 Å². The van der Waals surface area contributed by atoms with Crippen LogP contribution in [0.4, 0.5) is 0 Å². The summed E-state index contributed by atoms with van der Waals surface area (Å²) < 4.78 is 4.96. The van der Waals surface area contributed by atoms with E-state index >= 15 is 0 Å². The monoisotopic (exact) mass is 243 g/mol. The second kappa shape index (κ2) is 6.34. The molecule has 0 aromatic carbocycles. The number of rotatable bonds is 5. The third-order valence-electron chi connectivity index (χ3n) is 2.68. The van der Waals surface area contributed by atoms with Crippen LogP contribution in [-0.2, 0) is 19.1 Å². The van der Waals surface area contributed by atoms with E-state index < -0.39 is 23.9 Å². The predicted octanol–water partition coefficient (Wildman–Crippen LogP) is -0.0385. The highest BCUT2D eigenvalue weighted by molar-refractivity contribution is 5.92. The molecule has 96 valence electrons. The van der Waals surface area contributed by atoms with Crippen molar-refractivity contribution in [1.82, 2.24) is 5.32 Å². The molecule has 0 saturated carbocycles. The van der Waals surface area contributed by atoms with E-state index in [1.165, 1.54) is 0 Å². The number of carbonyl (C=O) groups excluding carboxylic acids is 2. The zero-order valence-electron chi connectivity index (χ0n) is 9.77. The number of carbonyl (C=O) groups is 3. The summed E-state index contributed by atoms with van der Waals surface area (Å²) in [5, 5.41) is 11.5. The van der Waals surface area contributed by atoms with Gasteiger partial charge in [-0.2, -0.15) is 0 Å². The van der Waals surface area contributed by atoms with Gasteiger partial charge in [-0.3, -0.25) is 19.7 Å². The van der Waals surface area contributed by atoms with E-state index in [0.29, 0.717) is 0 Å². The molecule has 0 aromatic rings. The van der Waals surface area contributed by atoms with E-state index in [1.54, 1.807) is 0 Å². The standard InChI is InChI=1S/C11H17NO5/c1-2-3-4-17-11(16)8-5-7(13)6-12-9(8)10(14)15/h8-9,12H,2-6H2,1H3,(H,14,15)/t8-,9-/m0/s1. The minimum Gasteiger partial charge on any atom is -0.480 e. The maximum atomic E-state index is 11.7. The highest BCUT2D eigenvalue weighted by Gasteiger charge is 2.39. The molecule has 1 aliphatic rings. The first-order valence-electron chi connectivity index (χ1n) is 5.70. The summed E-state index contributed by atoms with van der Waals surface area (Å²) in [7, 11) is 0. The number of carboxylic acids is 1. The first kappa shape index (κ1) is 13.6. The SMILES string of the molecule is CCCCOC(=O)[C@H]1CC(=O)CN[C@@H]1C(=O)O. The Balaban J connectivity index is 2.59. The normalized spacial score (nSPS) is 24.4. The highest BCUT2D eigenvalue weighted by Crippen LogP contribution is 2.17. The Morgan fingerprint density at radius 3 is 2.82 bits per heavy atom. The summed E-state index contributed by atoms with van der Waals surface area (Å²) >= 11 is 0. The zero-order chi connectivity index (χ0) is 12.8. The maximum Gasteiger partial charge on any atom is 0.321 e. The second-order valence-corrected chi connectivity index (χ2v) is 4.07. The molecule has 0 aromatic heterocycles. The number of ketones is 1. The van der Waals surface area contributed by atoms with E-state index in [2.05, 4.69) is 5.32 Å². The first-order valence-corrected chi connectivity index (χ1v) is 5.70. The molecule has 1 aliphatic heterocycles. The van der Waals surface area contributed by atoms with Crippen LogP contribution < -0.4 is 5.32 Å². The number of hydrogen-bond acceptors (Lipinski definition) is 5. The van der Waals surface area contributed by atoms with Gasteiger partial charge in [-0.1, -0.05) is 13.3 Å². The molecule has 0 aliphatic carbocycles. The Bertz CT molecular complexity index is 315. The van der Waals surface area contributed by atoms with Gasteiger partial charge in [0.05, 0.1) is 19.1 Å². The third-order valence-corrected chi connectivity index (χ3v) is 2.68. The van der Waals surface area contributed by atoms with Gasteiger partial charge in [0.2, 0.25) is 0 Å². The Labute approximate surface area is 99.3 Å². The number of ether oxygens (including phenoxy) is 1. The second-order valence-electron chi connectivity index (χ2n) is 4.07. The number of hydrogen-bond donors (Lipinski definition) is 2. The minimum absolute atomic E-state index is 0.00426. The van der Waals surface area contributed by atoms with E-state index in [-0.39, 0.29) is 25.4 Å². The van der Waals surface area contributed by atoms with Crippen LogP contribution in [0.15, 0.2) is 0 Å². The van der Waals surface area contributed by atoms with Crippen LogP contribution in [0.1, 0.15) is 26.2 Å². The Kier molecular flexibility index (Phi) is 5.09. The number of esters is 1. The van der Waals surface area contributed by atoms with Crippen molar-refractivity contribution in [2.24, 2.45) is 5.92 Å². The van der Waals surface area contributed by atoms with Gasteiger partial charge in [-0.15, -0.1) is 0 Å². The highest BCUT2D eigenvalue weighted by atomic mass is 16.5. The lowest BCUT2D eigenvalue weighted by Crippen LogP contribution is -2.53. The molecular formula is C11H17NO5. The van der Waals surface area contributed by atoms with Crippen LogP contribution >= 0.6 is 0 Å². The van der Waals surface area contributed by atoms with Crippen LogP contribution in [0, 0.1) is 5.92 Å². The van der Waals surface area contributed by atoms with E-state index in [9.17, 15) is 14.4 Å². The van der Waals surface area contributed by atoms with Crippen LogP contribution in [0.25, 0.3) is 0 Å². The summed E-state index contributed by atoms with van der Waals surface area (Å²) in [6.07, 6.45) is 1.56. The molecule has 0 radical (unpaired) electrons. The van der Waals surface area contributed by atoms with Crippen molar-refractivity contribution in [1.29, 1.82) is 0 Å². The van der Waals surface area contributed by atoms with Gasteiger partial charge in [-0.25, -0.2) is 0 Å². The number of Topliss-reactive ketones (excluding diaryl/α,β-unsaturated/α-hetero) is 1. The Morgan fingerprint density at radius 1 is 1.53 bits per heavy atom. The average Bonchev–Trinajstić information content (AvgIpc) is 2.28. The maximum absolute atomic E-state index is 11.7. The third kappa shape index (κ3) is 3.81. The molecule has 2 atom stereocenters. The first-order chi connectivity index (χ1) is 8.06. The molecule has 6 nitrogen and oxygen atoms in total. The van der Waals surface area contributed by atoms with Crippen molar-refractivity contribution in [2.75, 3.05) is 13.2 Å².